The Morgan fingerprint density at radius 3 is 1.53 bits per heavy atom. The molecule has 13 rings (SSSR count). The second-order valence-corrected chi connectivity index (χ2v) is 18.9. The topological polar surface area (TPSA) is 58.5 Å². The van der Waals surface area contributed by atoms with Gasteiger partial charge in [-0.25, -0.2) is 9.97 Å². The third-order valence-corrected chi connectivity index (χ3v) is 14.3. The molecule has 12 aromatic rings. The van der Waals surface area contributed by atoms with E-state index in [0.29, 0.717) is 0 Å². The fourth-order valence-corrected chi connectivity index (χ4v) is 10.9. The highest BCUT2D eigenvalue weighted by Gasteiger charge is 2.43. The first-order chi connectivity index (χ1) is 34.4. The van der Waals surface area contributed by atoms with Crippen LogP contribution in [-0.4, -0.2) is 9.97 Å². The number of aromatic nitrogens is 2. The van der Waals surface area contributed by atoms with Gasteiger partial charge in [0, 0.05) is 62.2 Å². The molecule has 0 atom stereocenters. The van der Waals surface area contributed by atoms with E-state index in [0.717, 1.165) is 135 Å². The summed E-state index contributed by atoms with van der Waals surface area (Å²) in [6.07, 6.45) is 4.81. The third-order valence-electron chi connectivity index (χ3n) is 14.3. The van der Waals surface area contributed by atoms with Gasteiger partial charge in [0.15, 0.2) is 0 Å². The molecule has 6 heteroatoms. The number of fused-ring (bicyclic) bond motifs is 11. The van der Waals surface area contributed by atoms with E-state index >= 15 is 0 Å². The summed E-state index contributed by atoms with van der Waals surface area (Å²) < 4.78 is 14.5. The highest BCUT2D eigenvalue weighted by molar-refractivity contribution is 6.24. The summed E-state index contributed by atoms with van der Waals surface area (Å²) in [5.74, 6) is 1.66. The second kappa shape index (κ2) is 16.2. The summed E-state index contributed by atoms with van der Waals surface area (Å²) in [4.78, 5) is 15.2. The van der Waals surface area contributed by atoms with E-state index < -0.39 is 5.41 Å². The minimum Gasteiger partial charge on any atom is -0.455 e. The van der Waals surface area contributed by atoms with E-state index in [1.54, 1.807) is 0 Å². The Labute approximate surface area is 406 Å². The van der Waals surface area contributed by atoms with Crippen molar-refractivity contribution < 1.29 is 8.83 Å². The molecule has 336 valence electrons. The van der Waals surface area contributed by atoms with Gasteiger partial charge in [-0.3, -0.25) is 9.80 Å². The number of hydrogen-bond donors (Lipinski definition) is 0. The van der Waals surface area contributed by atoms with Gasteiger partial charge in [0.05, 0.1) is 22.1 Å². The predicted octanol–water partition coefficient (Wildman–Crippen LogP) is 17.7. The van der Waals surface area contributed by atoms with Gasteiger partial charge < -0.3 is 8.83 Å². The van der Waals surface area contributed by atoms with Crippen molar-refractivity contribution in [2.75, 3.05) is 9.80 Å². The summed E-state index contributed by atoms with van der Waals surface area (Å²) in [7, 11) is 0. The van der Waals surface area contributed by atoms with Crippen molar-refractivity contribution in [3.63, 3.8) is 0 Å². The fraction of sp³-hybridized carbons (Fsp3) is 0.0938. The normalized spacial score (nSPS) is 12.7. The minimum atomic E-state index is -0.552. The SMILES string of the molecule is CCc1ccc(N(c2ncccc2-c2ccccc2)c2cc3c(c4oc5ccccc5c24)-c2c(cc(N(c4ccccc4)c4ncc(C)cc4-c4ccccc4)c4c2oc2ccccc24)C3(C)C)cc1. The summed E-state index contributed by atoms with van der Waals surface area (Å²) in [6, 6.07) is 68.8. The number of furan rings is 2. The van der Waals surface area contributed by atoms with Crippen molar-refractivity contribution >= 4 is 78.3 Å². The summed E-state index contributed by atoms with van der Waals surface area (Å²) >= 11 is 0. The summed E-state index contributed by atoms with van der Waals surface area (Å²) in [5.41, 5.74) is 17.6. The van der Waals surface area contributed by atoms with Gasteiger partial charge in [-0.1, -0.05) is 148 Å². The quantitative estimate of drug-likeness (QED) is 0.144. The van der Waals surface area contributed by atoms with E-state index in [9.17, 15) is 0 Å². The van der Waals surface area contributed by atoms with Crippen LogP contribution in [0.25, 0.3) is 77.3 Å². The van der Waals surface area contributed by atoms with Gasteiger partial charge in [0.25, 0.3) is 0 Å². The van der Waals surface area contributed by atoms with Crippen LogP contribution in [0.15, 0.2) is 215 Å². The number of benzene rings is 8. The number of anilines is 6. The van der Waals surface area contributed by atoms with E-state index in [-0.39, 0.29) is 0 Å². The molecule has 0 N–H and O–H groups in total. The molecule has 4 heterocycles. The monoisotopic (exact) mass is 904 g/mol. The summed E-state index contributed by atoms with van der Waals surface area (Å²) in [5, 5.41) is 4.08. The Balaban J connectivity index is 1.15. The van der Waals surface area contributed by atoms with Gasteiger partial charge in [0.1, 0.15) is 34.0 Å². The van der Waals surface area contributed by atoms with Gasteiger partial charge in [-0.15, -0.1) is 0 Å². The van der Waals surface area contributed by atoms with Crippen molar-refractivity contribution in [3.8, 4) is 33.4 Å². The minimum absolute atomic E-state index is 0.552. The number of hydrogen-bond acceptors (Lipinski definition) is 6. The van der Waals surface area contributed by atoms with Gasteiger partial charge in [-0.05, 0) is 113 Å². The Morgan fingerprint density at radius 1 is 0.486 bits per heavy atom. The smallest absolute Gasteiger partial charge is 0.145 e. The van der Waals surface area contributed by atoms with E-state index in [1.807, 2.05) is 18.5 Å². The molecular weight excluding hydrogens is 857 g/mol. The van der Waals surface area contributed by atoms with Crippen LogP contribution >= 0.6 is 0 Å². The van der Waals surface area contributed by atoms with Crippen LogP contribution < -0.4 is 9.80 Å². The Morgan fingerprint density at radius 2 is 0.971 bits per heavy atom. The predicted molar refractivity (Wildman–Crippen MR) is 289 cm³/mol. The number of nitrogens with zero attached hydrogens (tertiary/aromatic N) is 4. The molecule has 8 aromatic carbocycles. The maximum atomic E-state index is 7.27. The lowest BCUT2D eigenvalue weighted by Crippen LogP contribution is -2.19. The molecule has 0 saturated heterocycles. The first-order valence-electron chi connectivity index (χ1n) is 24.1. The Kier molecular flexibility index (Phi) is 9.60. The molecule has 0 spiro atoms. The van der Waals surface area contributed by atoms with Crippen LogP contribution in [0.2, 0.25) is 0 Å². The van der Waals surface area contributed by atoms with Crippen molar-refractivity contribution in [1.82, 2.24) is 9.97 Å². The van der Waals surface area contributed by atoms with Gasteiger partial charge in [0.2, 0.25) is 0 Å². The fourth-order valence-electron chi connectivity index (χ4n) is 10.9. The maximum absolute atomic E-state index is 7.27. The molecule has 0 saturated carbocycles. The zero-order valence-corrected chi connectivity index (χ0v) is 39.4. The van der Waals surface area contributed by atoms with Crippen LogP contribution in [0.1, 0.15) is 43.0 Å². The van der Waals surface area contributed by atoms with Gasteiger partial charge in [-0.2, -0.15) is 0 Å². The molecule has 0 radical (unpaired) electrons. The molecule has 1 aliphatic carbocycles. The molecule has 0 bridgehead atoms. The van der Waals surface area contributed by atoms with Crippen LogP contribution in [0.3, 0.4) is 0 Å². The lowest BCUT2D eigenvalue weighted by molar-refractivity contribution is 0.650. The molecule has 0 unspecified atom stereocenters. The number of aryl methyl sites for hydroxylation is 2. The van der Waals surface area contributed by atoms with Crippen molar-refractivity contribution in [2.45, 2.75) is 39.5 Å². The Bertz CT molecular complexity index is 3970. The van der Waals surface area contributed by atoms with E-state index in [1.165, 1.54) is 5.56 Å². The first-order valence-corrected chi connectivity index (χ1v) is 24.1. The third kappa shape index (κ3) is 6.40. The summed E-state index contributed by atoms with van der Waals surface area (Å²) in [6.45, 7) is 9.00. The highest BCUT2D eigenvalue weighted by Crippen LogP contribution is 2.61. The molecule has 1 aliphatic rings. The second-order valence-electron chi connectivity index (χ2n) is 18.9. The molecule has 4 aromatic heterocycles. The molecule has 0 amide bonds. The van der Waals surface area contributed by atoms with Crippen molar-refractivity contribution in [3.05, 3.63) is 229 Å². The van der Waals surface area contributed by atoms with E-state index in [2.05, 4.69) is 226 Å². The zero-order valence-electron chi connectivity index (χ0n) is 39.4. The average molecular weight is 905 g/mol. The highest BCUT2D eigenvalue weighted by atomic mass is 16.3. The van der Waals surface area contributed by atoms with Crippen molar-refractivity contribution in [1.29, 1.82) is 0 Å². The lowest BCUT2D eigenvalue weighted by Gasteiger charge is -2.30. The van der Waals surface area contributed by atoms with Gasteiger partial charge >= 0.3 is 0 Å². The molecular formula is C64H48N4O2. The van der Waals surface area contributed by atoms with Crippen LogP contribution in [0, 0.1) is 6.92 Å². The molecule has 70 heavy (non-hydrogen) atoms. The molecule has 0 fully saturated rings. The number of para-hydroxylation sites is 3. The first kappa shape index (κ1) is 41.4. The average Bonchev–Trinajstić information content (AvgIpc) is 4.06. The Hall–Kier alpha value is -8.74. The standard InChI is InChI=1S/C64H48N4O2/c1-5-41-31-33-45(34-32-41)68(62-46(28-19-35-65-62)42-20-9-6-10-21-42)53-38-51-59(61-57(53)48-27-16-18-30-55(48)70-61)58-50(64(51,3)4)37-52(56-47-26-15-17-29-54(47)69-60(56)58)67(44-24-13-8-14-25-44)63-49(36-40(2)39-66-63)43-22-11-7-12-23-43/h6-39H,5H2,1-4H3. The molecule has 0 aliphatic heterocycles. The van der Waals surface area contributed by atoms with Crippen LogP contribution in [-0.2, 0) is 11.8 Å². The van der Waals surface area contributed by atoms with Crippen LogP contribution in [0.5, 0.6) is 0 Å². The molecule has 6 nitrogen and oxygen atoms in total. The van der Waals surface area contributed by atoms with Crippen LogP contribution in [0.4, 0.5) is 34.4 Å². The number of rotatable bonds is 9. The lowest BCUT2D eigenvalue weighted by atomic mass is 9.81. The zero-order chi connectivity index (χ0) is 47.1. The number of pyridine rings is 2. The van der Waals surface area contributed by atoms with E-state index in [4.69, 9.17) is 18.8 Å². The maximum Gasteiger partial charge on any atom is 0.145 e. The largest absolute Gasteiger partial charge is 0.455 e. The van der Waals surface area contributed by atoms with Crippen molar-refractivity contribution in [2.24, 2.45) is 0 Å².